The van der Waals surface area contributed by atoms with Crippen LogP contribution in [0.15, 0.2) is 65.3 Å². The second-order valence-electron chi connectivity index (χ2n) is 7.74. The summed E-state index contributed by atoms with van der Waals surface area (Å²) in [5, 5.41) is 22.0. The van der Waals surface area contributed by atoms with Gasteiger partial charge in [-0.2, -0.15) is 0 Å². The van der Waals surface area contributed by atoms with Gasteiger partial charge in [-0.1, -0.05) is 23.7 Å². The van der Waals surface area contributed by atoms with Gasteiger partial charge in [-0.3, -0.25) is 20.2 Å². The number of cyclic esters (lactones) is 1. The molecule has 0 saturated carbocycles. The van der Waals surface area contributed by atoms with Gasteiger partial charge in [0.1, 0.15) is 6.61 Å². The predicted molar refractivity (Wildman–Crippen MR) is 146 cm³/mol. The van der Waals surface area contributed by atoms with Crippen molar-refractivity contribution in [3.05, 3.63) is 106 Å². The van der Waals surface area contributed by atoms with E-state index in [1.165, 1.54) is 30.3 Å². The molecule has 0 spiro atoms. The molecule has 0 bridgehead atoms. The third-order valence-electron chi connectivity index (χ3n) is 5.15. The first kappa shape index (κ1) is 27.0. The van der Waals surface area contributed by atoms with E-state index in [0.29, 0.717) is 32.8 Å². The lowest BCUT2D eigenvalue weighted by Gasteiger charge is -2.15. The van der Waals surface area contributed by atoms with Gasteiger partial charge < -0.3 is 14.2 Å². The van der Waals surface area contributed by atoms with Gasteiger partial charge in [-0.05, 0) is 64.9 Å². The number of hydrogen-bond donors (Lipinski definition) is 0. The van der Waals surface area contributed by atoms with Crippen molar-refractivity contribution >= 4 is 63.5 Å². The highest BCUT2D eigenvalue weighted by Gasteiger charge is 2.27. The van der Waals surface area contributed by atoms with Crippen molar-refractivity contribution < 1.29 is 28.9 Å². The zero-order valence-corrected chi connectivity index (χ0v) is 22.5. The Bertz CT molecular complexity index is 1520. The average Bonchev–Trinajstić information content (AvgIpc) is 3.23. The van der Waals surface area contributed by atoms with E-state index < -0.39 is 15.8 Å². The number of nitro benzene ring substituents is 2. The molecule has 0 fully saturated rings. The van der Waals surface area contributed by atoms with Crippen LogP contribution in [0.5, 0.6) is 11.5 Å². The fourth-order valence-electron chi connectivity index (χ4n) is 3.46. The summed E-state index contributed by atoms with van der Waals surface area (Å²) >= 11 is 8.20. The molecule has 0 atom stereocenters. The van der Waals surface area contributed by atoms with Crippen LogP contribution in [-0.4, -0.2) is 28.3 Å². The summed E-state index contributed by atoms with van der Waals surface area (Å²) in [4.78, 5) is 37.6. The first-order valence-electron chi connectivity index (χ1n) is 11.0. The second kappa shape index (κ2) is 11.6. The van der Waals surface area contributed by atoms with Crippen molar-refractivity contribution in [3.63, 3.8) is 0 Å². The molecule has 0 unspecified atom stereocenters. The fraction of sp³-hybridized carbons (Fsp3) is 0.120. The molecular formula is C25H17ClIN3O8. The lowest BCUT2D eigenvalue weighted by atomic mass is 10.1. The van der Waals surface area contributed by atoms with E-state index in [-0.39, 0.29) is 40.2 Å². The summed E-state index contributed by atoms with van der Waals surface area (Å²) in [5.74, 6) is 0.0637. The lowest BCUT2D eigenvalue weighted by Crippen LogP contribution is -2.06. The minimum Gasteiger partial charge on any atom is -0.490 e. The van der Waals surface area contributed by atoms with Crippen molar-refractivity contribution in [3.8, 4) is 11.5 Å². The maximum absolute atomic E-state index is 12.5. The molecule has 13 heteroatoms. The number of nitrogens with zero attached hydrogens (tertiary/aromatic N) is 3. The van der Waals surface area contributed by atoms with Gasteiger partial charge in [0.25, 0.3) is 11.4 Å². The Morgan fingerprint density at radius 1 is 1.05 bits per heavy atom. The first-order chi connectivity index (χ1) is 18.2. The van der Waals surface area contributed by atoms with E-state index in [9.17, 15) is 25.0 Å². The molecule has 0 aliphatic carbocycles. The summed E-state index contributed by atoms with van der Waals surface area (Å²) in [6.07, 6.45) is 1.50. The molecule has 1 heterocycles. The monoisotopic (exact) mass is 649 g/mol. The summed E-state index contributed by atoms with van der Waals surface area (Å²) in [6, 6.07) is 13.3. The molecule has 3 aromatic carbocycles. The standard InChI is InChI=1S/C25H17ClIN3O8/c1-2-36-22-11-15(9-20(27)23(22)37-13-14-4-3-5-16(8-14)29(32)33)10-21-25(31)38-24(28-21)18-7-6-17(30(34)35)12-19(18)26/h3-12H,2,13H2,1H3/b21-10-. The third-order valence-corrected chi connectivity index (χ3v) is 6.27. The topological polar surface area (TPSA) is 143 Å². The van der Waals surface area contributed by atoms with E-state index in [1.54, 1.807) is 31.2 Å². The summed E-state index contributed by atoms with van der Waals surface area (Å²) < 4.78 is 17.6. The number of hydrogen-bond acceptors (Lipinski definition) is 9. The molecule has 38 heavy (non-hydrogen) atoms. The van der Waals surface area contributed by atoms with Gasteiger partial charge in [-0.15, -0.1) is 0 Å². The average molecular weight is 650 g/mol. The van der Waals surface area contributed by atoms with Crippen molar-refractivity contribution in [2.24, 2.45) is 4.99 Å². The third kappa shape index (κ3) is 6.08. The summed E-state index contributed by atoms with van der Waals surface area (Å²) in [5.41, 5.74) is 1.19. The molecule has 1 aliphatic rings. The van der Waals surface area contributed by atoms with Gasteiger partial charge in [0.2, 0.25) is 5.90 Å². The summed E-state index contributed by atoms with van der Waals surface area (Å²) in [7, 11) is 0. The minimum atomic E-state index is -0.714. The van der Waals surface area contributed by atoms with Crippen LogP contribution >= 0.6 is 34.2 Å². The first-order valence-corrected chi connectivity index (χ1v) is 12.4. The van der Waals surface area contributed by atoms with E-state index in [2.05, 4.69) is 27.6 Å². The molecule has 3 aromatic rings. The second-order valence-corrected chi connectivity index (χ2v) is 9.31. The number of aliphatic imine (C=N–C) groups is 1. The molecule has 0 aromatic heterocycles. The van der Waals surface area contributed by atoms with E-state index in [4.69, 9.17) is 25.8 Å². The van der Waals surface area contributed by atoms with Crippen molar-refractivity contribution in [2.45, 2.75) is 13.5 Å². The minimum absolute atomic E-state index is 0.00192. The van der Waals surface area contributed by atoms with Crippen LogP contribution in [0.3, 0.4) is 0 Å². The SMILES string of the molecule is CCOc1cc(/C=C2\N=C(c3ccc([N+](=O)[O-])cc3Cl)OC2=O)cc(I)c1OCc1cccc([N+](=O)[O-])c1. The Kier molecular flexibility index (Phi) is 8.22. The fourth-order valence-corrected chi connectivity index (χ4v) is 4.50. The highest BCUT2D eigenvalue weighted by Crippen LogP contribution is 2.36. The van der Waals surface area contributed by atoms with Crippen LogP contribution in [0.2, 0.25) is 5.02 Å². The van der Waals surface area contributed by atoms with E-state index in [1.807, 2.05) is 0 Å². The Hall–Kier alpha value is -4.04. The Morgan fingerprint density at radius 3 is 2.47 bits per heavy atom. The number of esters is 1. The van der Waals surface area contributed by atoms with Gasteiger partial charge in [-0.25, -0.2) is 9.79 Å². The molecule has 0 N–H and O–H groups in total. The van der Waals surface area contributed by atoms with Crippen LogP contribution in [0.25, 0.3) is 6.08 Å². The molecular weight excluding hydrogens is 633 g/mol. The zero-order chi connectivity index (χ0) is 27.4. The highest BCUT2D eigenvalue weighted by atomic mass is 127. The predicted octanol–water partition coefficient (Wildman–Crippen LogP) is 6.08. The summed E-state index contributed by atoms with van der Waals surface area (Å²) in [6.45, 7) is 2.22. The number of rotatable bonds is 9. The number of ether oxygens (including phenoxy) is 3. The quantitative estimate of drug-likeness (QED) is 0.0892. The molecule has 0 saturated heterocycles. The Balaban J connectivity index is 1.61. The van der Waals surface area contributed by atoms with Crippen LogP contribution in [-0.2, 0) is 16.1 Å². The van der Waals surface area contributed by atoms with Crippen molar-refractivity contribution in [1.82, 2.24) is 0 Å². The maximum Gasteiger partial charge on any atom is 0.363 e. The molecule has 1 aliphatic heterocycles. The van der Waals surface area contributed by atoms with Crippen LogP contribution in [0.1, 0.15) is 23.6 Å². The normalized spacial score (nSPS) is 13.7. The number of benzene rings is 3. The Morgan fingerprint density at radius 2 is 1.79 bits per heavy atom. The number of carbonyl (C=O) groups is 1. The zero-order valence-electron chi connectivity index (χ0n) is 19.6. The van der Waals surface area contributed by atoms with Crippen LogP contribution < -0.4 is 9.47 Å². The molecule has 0 amide bonds. The van der Waals surface area contributed by atoms with Crippen LogP contribution in [0.4, 0.5) is 11.4 Å². The molecule has 194 valence electrons. The smallest absolute Gasteiger partial charge is 0.363 e. The molecule has 11 nitrogen and oxygen atoms in total. The van der Waals surface area contributed by atoms with Gasteiger partial charge in [0.15, 0.2) is 17.2 Å². The van der Waals surface area contributed by atoms with Gasteiger partial charge in [0.05, 0.1) is 30.6 Å². The van der Waals surface area contributed by atoms with Crippen molar-refractivity contribution in [1.29, 1.82) is 0 Å². The van der Waals surface area contributed by atoms with E-state index >= 15 is 0 Å². The largest absolute Gasteiger partial charge is 0.490 e. The molecule has 4 rings (SSSR count). The number of carbonyl (C=O) groups excluding carboxylic acids is 1. The van der Waals surface area contributed by atoms with Crippen molar-refractivity contribution in [2.75, 3.05) is 6.61 Å². The maximum atomic E-state index is 12.5. The Labute approximate surface area is 234 Å². The van der Waals surface area contributed by atoms with Gasteiger partial charge in [0, 0.05) is 24.3 Å². The number of nitro groups is 2. The number of halogens is 2. The van der Waals surface area contributed by atoms with Gasteiger partial charge >= 0.3 is 5.97 Å². The van der Waals surface area contributed by atoms with E-state index in [0.717, 1.165) is 6.07 Å². The highest BCUT2D eigenvalue weighted by molar-refractivity contribution is 14.1. The lowest BCUT2D eigenvalue weighted by molar-refractivity contribution is -0.385. The molecule has 0 radical (unpaired) electrons. The van der Waals surface area contributed by atoms with Crippen LogP contribution in [0, 0.1) is 23.8 Å². The number of non-ortho nitro benzene ring substituents is 2.